The maximum absolute atomic E-state index is 11.8. The summed E-state index contributed by atoms with van der Waals surface area (Å²) in [6.07, 6.45) is -4.70. The molecule has 0 heterocycles. The Morgan fingerprint density at radius 3 is 2.06 bits per heavy atom. The van der Waals surface area contributed by atoms with E-state index in [-0.39, 0.29) is 12.4 Å². The molecule has 0 N–H and O–H groups in total. The van der Waals surface area contributed by atoms with E-state index in [1.165, 1.54) is 19.1 Å². The van der Waals surface area contributed by atoms with Gasteiger partial charge in [-0.2, -0.15) is 0 Å². The summed E-state index contributed by atoms with van der Waals surface area (Å²) < 4.78 is 43.8. The molecule has 0 aromatic heterocycles. The van der Waals surface area contributed by atoms with E-state index in [9.17, 15) is 18.0 Å². The lowest BCUT2D eigenvalue weighted by Crippen LogP contribution is -2.17. The van der Waals surface area contributed by atoms with Crippen molar-refractivity contribution in [3.05, 3.63) is 29.8 Å². The maximum Gasteiger partial charge on any atom is 0.573 e. The lowest BCUT2D eigenvalue weighted by Gasteiger charge is -2.09. The van der Waals surface area contributed by atoms with Crippen molar-refractivity contribution in [3.8, 4) is 5.75 Å². The molecule has 1 rings (SSSR count). The van der Waals surface area contributed by atoms with Gasteiger partial charge in [0.05, 0.1) is 0 Å². The van der Waals surface area contributed by atoms with E-state index in [0.29, 0.717) is 5.56 Å². The van der Waals surface area contributed by atoms with Gasteiger partial charge in [0.1, 0.15) is 12.4 Å². The van der Waals surface area contributed by atoms with Crippen LogP contribution in [0.3, 0.4) is 0 Å². The van der Waals surface area contributed by atoms with Gasteiger partial charge in [-0.05, 0) is 17.7 Å². The van der Waals surface area contributed by atoms with Crippen LogP contribution in [-0.4, -0.2) is 12.3 Å². The Bertz CT molecular complexity index is 358. The first-order valence-electron chi connectivity index (χ1n) is 5.35. The topological polar surface area (TPSA) is 35.5 Å². The highest BCUT2D eigenvalue weighted by atomic mass is 19.4. The minimum absolute atomic E-state index is 0.0294. The number of esters is 1. The Balaban J connectivity index is 0.00000137. The SMILES string of the molecule is CC.CC(=O)OCc1ccc(OC(F)(F)F)cc1. The first-order valence-corrected chi connectivity index (χ1v) is 5.35. The van der Waals surface area contributed by atoms with Crippen molar-refractivity contribution in [1.82, 2.24) is 0 Å². The minimum Gasteiger partial charge on any atom is -0.461 e. The normalized spacial score (nSPS) is 10.1. The van der Waals surface area contributed by atoms with Gasteiger partial charge < -0.3 is 9.47 Å². The zero-order valence-electron chi connectivity index (χ0n) is 10.4. The first-order chi connectivity index (χ1) is 8.37. The summed E-state index contributed by atoms with van der Waals surface area (Å²) in [5, 5.41) is 0. The minimum atomic E-state index is -4.70. The molecule has 0 radical (unpaired) electrons. The standard InChI is InChI=1S/C10H9F3O3.C2H6/c1-7(14)15-6-8-2-4-9(5-3-8)16-10(11,12)13;1-2/h2-5H,6H2,1H3;1-2H3. The molecule has 0 aliphatic carbocycles. The molecule has 6 heteroatoms. The van der Waals surface area contributed by atoms with Crippen molar-refractivity contribution in [2.45, 2.75) is 33.7 Å². The van der Waals surface area contributed by atoms with Crippen LogP contribution in [0.5, 0.6) is 5.75 Å². The second kappa shape index (κ2) is 7.58. The summed E-state index contributed by atoms with van der Waals surface area (Å²) in [7, 11) is 0. The fourth-order valence-corrected chi connectivity index (χ4v) is 0.972. The van der Waals surface area contributed by atoms with Crippen LogP contribution in [0, 0.1) is 0 Å². The summed E-state index contributed by atoms with van der Waals surface area (Å²) in [6.45, 7) is 5.28. The van der Waals surface area contributed by atoms with E-state index >= 15 is 0 Å². The summed E-state index contributed by atoms with van der Waals surface area (Å²) in [5.74, 6) is -0.755. The number of carbonyl (C=O) groups is 1. The van der Waals surface area contributed by atoms with Crippen LogP contribution in [0.15, 0.2) is 24.3 Å². The second-order valence-electron chi connectivity index (χ2n) is 2.97. The number of hydrogen-bond acceptors (Lipinski definition) is 3. The molecule has 0 spiro atoms. The van der Waals surface area contributed by atoms with Crippen LogP contribution in [0.2, 0.25) is 0 Å². The second-order valence-corrected chi connectivity index (χ2v) is 2.97. The molecule has 0 atom stereocenters. The molecule has 0 aliphatic heterocycles. The molecular formula is C12H15F3O3. The number of rotatable bonds is 3. The van der Waals surface area contributed by atoms with Crippen LogP contribution in [0.1, 0.15) is 26.3 Å². The molecule has 0 saturated carbocycles. The quantitative estimate of drug-likeness (QED) is 0.781. The summed E-state index contributed by atoms with van der Waals surface area (Å²) in [6, 6.07) is 5.10. The third kappa shape index (κ3) is 7.54. The smallest absolute Gasteiger partial charge is 0.461 e. The number of benzene rings is 1. The predicted octanol–water partition coefficient (Wildman–Crippen LogP) is 3.67. The fraction of sp³-hybridized carbons (Fsp3) is 0.417. The number of hydrogen-bond donors (Lipinski definition) is 0. The molecule has 0 saturated heterocycles. The van der Waals surface area contributed by atoms with E-state index in [0.717, 1.165) is 12.1 Å². The number of alkyl halides is 3. The van der Waals surface area contributed by atoms with Crippen molar-refractivity contribution < 1.29 is 27.4 Å². The monoisotopic (exact) mass is 264 g/mol. The molecule has 0 unspecified atom stereocenters. The average molecular weight is 264 g/mol. The number of carbonyl (C=O) groups excluding carboxylic acids is 1. The van der Waals surface area contributed by atoms with E-state index < -0.39 is 12.3 Å². The fourth-order valence-electron chi connectivity index (χ4n) is 0.972. The van der Waals surface area contributed by atoms with Gasteiger partial charge in [0.2, 0.25) is 0 Å². The van der Waals surface area contributed by atoms with Gasteiger partial charge in [-0.3, -0.25) is 4.79 Å². The van der Waals surface area contributed by atoms with Crippen LogP contribution in [0.4, 0.5) is 13.2 Å². The van der Waals surface area contributed by atoms with E-state index in [1.54, 1.807) is 0 Å². The third-order valence-electron chi connectivity index (χ3n) is 1.60. The van der Waals surface area contributed by atoms with Gasteiger partial charge in [0.15, 0.2) is 0 Å². The van der Waals surface area contributed by atoms with Gasteiger partial charge in [-0.15, -0.1) is 13.2 Å². The molecule has 0 bridgehead atoms. The third-order valence-corrected chi connectivity index (χ3v) is 1.60. The molecule has 0 fully saturated rings. The van der Waals surface area contributed by atoms with Crippen LogP contribution in [0.25, 0.3) is 0 Å². The summed E-state index contributed by atoms with van der Waals surface area (Å²) >= 11 is 0. The van der Waals surface area contributed by atoms with E-state index in [4.69, 9.17) is 0 Å². The van der Waals surface area contributed by atoms with Gasteiger partial charge in [0.25, 0.3) is 0 Å². The highest BCUT2D eigenvalue weighted by molar-refractivity contribution is 5.65. The zero-order chi connectivity index (χ0) is 14.2. The van der Waals surface area contributed by atoms with Crippen LogP contribution >= 0.6 is 0 Å². The Hall–Kier alpha value is -1.72. The van der Waals surface area contributed by atoms with Crippen molar-refractivity contribution in [1.29, 1.82) is 0 Å². The van der Waals surface area contributed by atoms with Crippen molar-refractivity contribution in [2.75, 3.05) is 0 Å². The molecule has 102 valence electrons. The number of ether oxygens (including phenoxy) is 2. The summed E-state index contributed by atoms with van der Waals surface area (Å²) in [4.78, 5) is 10.5. The zero-order valence-corrected chi connectivity index (χ0v) is 10.4. The lowest BCUT2D eigenvalue weighted by molar-refractivity contribution is -0.274. The van der Waals surface area contributed by atoms with E-state index in [1.807, 2.05) is 13.8 Å². The van der Waals surface area contributed by atoms with Gasteiger partial charge in [0, 0.05) is 6.92 Å². The predicted molar refractivity (Wildman–Crippen MR) is 59.9 cm³/mol. The van der Waals surface area contributed by atoms with Gasteiger partial charge >= 0.3 is 12.3 Å². The van der Waals surface area contributed by atoms with Crippen molar-refractivity contribution in [3.63, 3.8) is 0 Å². The molecule has 3 nitrogen and oxygen atoms in total. The molecule has 18 heavy (non-hydrogen) atoms. The van der Waals surface area contributed by atoms with Crippen LogP contribution < -0.4 is 4.74 Å². The molecule has 0 aliphatic rings. The largest absolute Gasteiger partial charge is 0.573 e. The Kier molecular flexibility index (Phi) is 6.85. The highest BCUT2D eigenvalue weighted by Gasteiger charge is 2.30. The van der Waals surface area contributed by atoms with Crippen LogP contribution in [-0.2, 0) is 16.1 Å². The first kappa shape index (κ1) is 16.3. The highest BCUT2D eigenvalue weighted by Crippen LogP contribution is 2.22. The Morgan fingerprint density at radius 1 is 1.17 bits per heavy atom. The van der Waals surface area contributed by atoms with E-state index in [2.05, 4.69) is 9.47 Å². The molecule has 1 aromatic carbocycles. The van der Waals surface area contributed by atoms with Gasteiger partial charge in [-0.25, -0.2) is 0 Å². The van der Waals surface area contributed by atoms with Crippen molar-refractivity contribution >= 4 is 5.97 Å². The Labute approximate surface area is 104 Å². The Morgan fingerprint density at radius 2 is 1.67 bits per heavy atom. The van der Waals surface area contributed by atoms with Crippen molar-refractivity contribution in [2.24, 2.45) is 0 Å². The molecule has 0 amide bonds. The van der Waals surface area contributed by atoms with Gasteiger partial charge in [-0.1, -0.05) is 26.0 Å². The summed E-state index contributed by atoms with van der Waals surface area (Å²) in [5.41, 5.74) is 0.588. The number of halogens is 3. The average Bonchev–Trinajstić information content (AvgIpc) is 2.29. The maximum atomic E-state index is 11.8. The molecular weight excluding hydrogens is 249 g/mol. The molecule has 1 aromatic rings. The lowest BCUT2D eigenvalue weighted by atomic mass is 10.2.